The van der Waals surface area contributed by atoms with Gasteiger partial charge in [0.25, 0.3) is 5.91 Å². The highest BCUT2D eigenvalue weighted by molar-refractivity contribution is 6.30. The average molecular weight is 250 g/mol. The second-order valence-electron chi connectivity index (χ2n) is 3.85. The van der Waals surface area contributed by atoms with Gasteiger partial charge in [-0.15, -0.1) is 0 Å². The predicted molar refractivity (Wildman–Crippen MR) is 67.6 cm³/mol. The fourth-order valence-electron chi connectivity index (χ4n) is 1.55. The van der Waals surface area contributed by atoms with E-state index in [1.165, 1.54) is 6.26 Å². The van der Waals surface area contributed by atoms with E-state index in [4.69, 9.17) is 16.0 Å². The van der Waals surface area contributed by atoms with Gasteiger partial charge in [-0.2, -0.15) is 0 Å². The summed E-state index contributed by atoms with van der Waals surface area (Å²) in [5.41, 5.74) is 2.46. The van der Waals surface area contributed by atoms with Crippen molar-refractivity contribution >= 4 is 23.2 Å². The van der Waals surface area contributed by atoms with E-state index in [1.54, 1.807) is 24.3 Å². The lowest BCUT2D eigenvalue weighted by Crippen LogP contribution is -2.12. The number of furan rings is 1. The molecule has 0 bridgehead atoms. The maximum atomic E-state index is 11.9. The van der Waals surface area contributed by atoms with Crippen molar-refractivity contribution < 1.29 is 9.21 Å². The summed E-state index contributed by atoms with van der Waals surface area (Å²) < 4.78 is 5.12. The zero-order chi connectivity index (χ0) is 12.4. The molecule has 88 valence electrons. The molecule has 4 heteroatoms. The number of hydrogen-bond acceptors (Lipinski definition) is 2. The average Bonchev–Trinajstić information content (AvgIpc) is 2.68. The Morgan fingerprint density at radius 1 is 1.24 bits per heavy atom. The van der Waals surface area contributed by atoms with Gasteiger partial charge < -0.3 is 9.73 Å². The van der Waals surface area contributed by atoms with Gasteiger partial charge in [0.2, 0.25) is 0 Å². The van der Waals surface area contributed by atoms with Crippen molar-refractivity contribution in [3.63, 3.8) is 0 Å². The number of carbonyl (C=O) groups is 1. The third kappa shape index (κ3) is 2.50. The van der Waals surface area contributed by atoms with Crippen LogP contribution in [-0.4, -0.2) is 5.91 Å². The summed E-state index contributed by atoms with van der Waals surface area (Å²) in [7, 11) is 0. The molecule has 1 amide bonds. The molecule has 3 nitrogen and oxygen atoms in total. The molecule has 2 aromatic rings. The van der Waals surface area contributed by atoms with Gasteiger partial charge in [0, 0.05) is 16.3 Å². The number of anilines is 1. The standard InChI is InChI=1S/C13H12ClNO2/c1-8-5-6-17-12(8)13(16)15-11-4-3-10(14)7-9(11)2/h3-7H,1-2H3,(H,15,16). The van der Waals surface area contributed by atoms with Crippen LogP contribution in [0.1, 0.15) is 21.7 Å². The molecule has 0 aliphatic heterocycles. The van der Waals surface area contributed by atoms with Gasteiger partial charge in [-0.25, -0.2) is 0 Å². The van der Waals surface area contributed by atoms with Crippen LogP contribution in [0.5, 0.6) is 0 Å². The Hall–Kier alpha value is -1.74. The molecule has 0 atom stereocenters. The van der Waals surface area contributed by atoms with E-state index in [1.807, 2.05) is 13.8 Å². The molecule has 17 heavy (non-hydrogen) atoms. The SMILES string of the molecule is Cc1cc(Cl)ccc1NC(=O)c1occc1C. The number of benzene rings is 1. The molecule has 1 heterocycles. The number of amides is 1. The van der Waals surface area contributed by atoms with Gasteiger partial charge in [0.1, 0.15) is 0 Å². The quantitative estimate of drug-likeness (QED) is 0.880. The largest absolute Gasteiger partial charge is 0.459 e. The van der Waals surface area contributed by atoms with E-state index >= 15 is 0 Å². The highest BCUT2D eigenvalue weighted by Crippen LogP contribution is 2.20. The van der Waals surface area contributed by atoms with Crippen molar-refractivity contribution in [1.82, 2.24) is 0 Å². The molecule has 1 aromatic carbocycles. The topological polar surface area (TPSA) is 42.2 Å². The molecule has 2 rings (SSSR count). The van der Waals surface area contributed by atoms with E-state index in [0.29, 0.717) is 10.8 Å². The van der Waals surface area contributed by atoms with Gasteiger partial charge in [0.15, 0.2) is 5.76 Å². The zero-order valence-corrected chi connectivity index (χ0v) is 10.3. The van der Waals surface area contributed by atoms with E-state index in [2.05, 4.69) is 5.32 Å². The van der Waals surface area contributed by atoms with Crippen molar-refractivity contribution in [2.45, 2.75) is 13.8 Å². The highest BCUT2D eigenvalue weighted by atomic mass is 35.5. The molecule has 0 aliphatic rings. The summed E-state index contributed by atoms with van der Waals surface area (Å²) in [5, 5.41) is 3.44. The molecule has 0 spiro atoms. The van der Waals surface area contributed by atoms with Crippen LogP contribution in [0.3, 0.4) is 0 Å². The summed E-state index contributed by atoms with van der Waals surface area (Å²) in [6.07, 6.45) is 1.50. The minimum Gasteiger partial charge on any atom is -0.459 e. The van der Waals surface area contributed by atoms with Crippen molar-refractivity contribution in [1.29, 1.82) is 0 Å². The third-order valence-electron chi connectivity index (χ3n) is 2.50. The van der Waals surface area contributed by atoms with E-state index < -0.39 is 0 Å². The van der Waals surface area contributed by atoms with E-state index in [-0.39, 0.29) is 5.91 Å². The number of halogens is 1. The minimum absolute atomic E-state index is 0.252. The van der Waals surface area contributed by atoms with Gasteiger partial charge in [-0.3, -0.25) is 4.79 Å². The Kier molecular flexibility index (Phi) is 3.20. The first-order valence-electron chi connectivity index (χ1n) is 5.19. The fourth-order valence-corrected chi connectivity index (χ4v) is 1.78. The van der Waals surface area contributed by atoms with Crippen LogP contribution < -0.4 is 5.32 Å². The second kappa shape index (κ2) is 4.63. The van der Waals surface area contributed by atoms with Gasteiger partial charge in [0.05, 0.1) is 6.26 Å². The Bertz CT molecular complexity index is 560. The van der Waals surface area contributed by atoms with Crippen LogP contribution in [0.25, 0.3) is 0 Å². The minimum atomic E-state index is -0.252. The molecule has 0 aliphatic carbocycles. The number of aryl methyl sites for hydroxylation is 2. The van der Waals surface area contributed by atoms with Gasteiger partial charge in [-0.1, -0.05) is 11.6 Å². The second-order valence-corrected chi connectivity index (χ2v) is 4.28. The van der Waals surface area contributed by atoms with E-state index in [0.717, 1.165) is 16.8 Å². The zero-order valence-electron chi connectivity index (χ0n) is 9.58. The molecule has 0 unspecified atom stereocenters. The Balaban J connectivity index is 2.22. The lowest BCUT2D eigenvalue weighted by atomic mass is 10.2. The van der Waals surface area contributed by atoms with Crippen molar-refractivity contribution in [2.24, 2.45) is 0 Å². The number of rotatable bonds is 2. The lowest BCUT2D eigenvalue weighted by molar-refractivity contribution is 0.0996. The maximum absolute atomic E-state index is 11.9. The van der Waals surface area contributed by atoms with Gasteiger partial charge in [-0.05, 0) is 43.7 Å². The Labute approximate surface area is 104 Å². The van der Waals surface area contributed by atoms with Gasteiger partial charge >= 0.3 is 0 Å². The highest BCUT2D eigenvalue weighted by Gasteiger charge is 2.13. The fraction of sp³-hybridized carbons (Fsp3) is 0.154. The summed E-state index contributed by atoms with van der Waals surface area (Å²) in [6.45, 7) is 3.71. The monoisotopic (exact) mass is 249 g/mol. The molecular formula is C13H12ClNO2. The third-order valence-corrected chi connectivity index (χ3v) is 2.74. The molecule has 0 saturated heterocycles. The molecule has 0 radical (unpaired) electrons. The summed E-state index contributed by atoms with van der Waals surface area (Å²) in [6, 6.07) is 7.06. The number of hydrogen-bond donors (Lipinski definition) is 1. The van der Waals surface area contributed by atoms with Crippen molar-refractivity contribution in [3.8, 4) is 0 Å². The first-order valence-corrected chi connectivity index (χ1v) is 5.57. The lowest BCUT2D eigenvalue weighted by Gasteiger charge is -2.07. The predicted octanol–water partition coefficient (Wildman–Crippen LogP) is 3.80. The molecular weight excluding hydrogens is 238 g/mol. The summed E-state index contributed by atoms with van der Waals surface area (Å²) >= 11 is 5.85. The van der Waals surface area contributed by atoms with Crippen LogP contribution in [0.4, 0.5) is 5.69 Å². The number of nitrogens with one attached hydrogen (secondary N) is 1. The first-order chi connectivity index (χ1) is 8.08. The summed E-state index contributed by atoms with van der Waals surface area (Å²) in [4.78, 5) is 11.9. The molecule has 0 fully saturated rings. The smallest absolute Gasteiger partial charge is 0.291 e. The van der Waals surface area contributed by atoms with Crippen LogP contribution in [0.15, 0.2) is 34.9 Å². The van der Waals surface area contributed by atoms with E-state index in [9.17, 15) is 4.79 Å². The van der Waals surface area contributed by atoms with Crippen LogP contribution in [0.2, 0.25) is 5.02 Å². The van der Waals surface area contributed by atoms with Crippen LogP contribution in [0, 0.1) is 13.8 Å². The van der Waals surface area contributed by atoms with Crippen molar-refractivity contribution in [3.05, 3.63) is 52.4 Å². The normalized spacial score (nSPS) is 10.3. The molecule has 1 aromatic heterocycles. The Morgan fingerprint density at radius 3 is 2.59 bits per heavy atom. The van der Waals surface area contributed by atoms with Crippen LogP contribution in [-0.2, 0) is 0 Å². The first kappa shape index (κ1) is 11.7. The number of carbonyl (C=O) groups excluding carboxylic acids is 1. The van der Waals surface area contributed by atoms with Crippen molar-refractivity contribution in [2.75, 3.05) is 5.32 Å². The maximum Gasteiger partial charge on any atom is 0.291 e. The molecule has 0 saturated carbocycles. The Morgan fingerprint density at radius 2 is 2.00 bits per heavy atom. The molecule has 1 N–H and O–H groups in total. The van der Waals surface area contributed by atoms with Crippen LogP contribution >= 0.6 is 11.6 Å². The summed E-state index contributed by atoms with van der Waals surface area (Å²) in [5.74, 6) is 0.0808.